The summed E-state index contributed by atoms with van der Waals surface area (Å²) in [7, 11) is 1.97. The van der Waals surface area contributed by atoms with Gasteiger partial charge in [-0.15, -0.1) is 0 Å². The fraction of sp³-hybridized carbons (Fsp3) is 0.333. The molecule has 0 aromatic heterocycles. The Morgan fingerprint density at radius 2 is 1.92 bits per heavy atom. The molecule has 0 radical (unpaired) electrons. The number of benzene rings is 2. The number of halogens is 4. The van der Waals surface area contributed by atoms with Gasteiger partial charge in [-0.1, -0.05) is 35.9 Å². The summed E-state index contributed by atoms with van der Waals surface area (Å²) in [5.74, 6) is 0. The van der Waals surface area contributed by atoms with Crippen LogP contribution in [0.1, 0.15) is 30.0 Å². The molecule has 0 fully saturated rings. The lowest BCUT2D eigenvalue weighted by Gasteiger charge is -2.22. The molecule has 1 N–H and O–H groups in total. The molecule has 1 atom stereocenters. The van der Waals surface area contributed by atoms with Crippen LogP contribution in [-0.2, 0) is 0 Å². The fourth-order valence-corrected chi connectivity index (χ4v) is 4.23. The highest BCUT2D eigenvalue weighted by Gasteiger charge is 2.28. The summed E-state index contributed by atoms with van der Waals surface area (Å²) in [6.45, 7) is 0.287. The maximum atomic E-state index is 12.4. The van der Waals surface area contributed by atoms with E-state index in [1.807, 2.05) is 49.5 Å². The van der Waals surface area contributed by atoms with Crippen molar-refractivity contribution in [3.63, 3.8) is 0 Å². The zero-order valence-electron chi connectivity index (χ0n) is 13.6. The molecule has 0 spiro atoms. The smallest absolute Gasteiger partial charge is 0.315 e. The molecule has 2 aromatic carbocycles. The van der Waals surface area contributed by atoms with Crippen LogP contribution in [0.5, 0.6) is 0 Å². The quantitative estimate of drug-likeness (QED) is 0.526. The van der Waals surface area contributed by atoms with Crippen LogP contribution in [0.4, 0.5) is 18.9 Å². The number of hydrogen-bond acceptors (Lipinski definition) is 3. The molecule has 1 heterocycles. The average Bonchev–Trinajstić information content (AvgIpc) is 2.65. The predicted octanol–water partition coefficient (Wildman–Crippen LogP) is 5.82. The van der Waals surface area contributed by atoms with Gasteiger partial charge in [0.1, 0.15) is 0 Å². The van der Waals surface area contributed by atoms with Crippen molar-refractivity contribution in [3.8, 4) is 0 Å². The molecule has 0 saturated carbocycles. The molecule has 1 unspecified atom stereocenters. The summed E-state index contributed by atoms with van der Waals surface area (Å²) in [4.78, 5) is 1.000. The van der Waals surface area contributed by atoms with Crippen LogP contribution in [0.15, 0.2) is 47.4 Å². The number of anilines is 1. The second-order valence-electron chi connectivity index (χ2n) is 5.94. The maximum absolute atomic E-state index is 12.4. The van der Waals surface area contributed by atoms with E-state index in [9.17, 15) is 13.2 Å². The van der Waals surface area contributed by atoms with Gasteiger partial charge >= 0.3 is 6.18 Å². The summed E-state index contributed by atoms with van der Waals surface area (Å²) >= 11 is 7.70. The van der Waals surface area contributed by atoms with Crippen LogP contribution < -0.4 is 9.62 Å². The number of para-hydroxylation sites is 1. The molecule has 1 aliphatic heterocycles. The predicted molar refractivity (Wildman–Crippen MR) is 97.3 cm³/mol. The SMILES string of the molecule is CN1Sc2cc(Cl)ccc2C(NCCCC(F)(F)F)c2ccccc21. The molecule has 0 aliphatic carbocycles. The van der Waals surface area contributed by atoms with E-state index in [-0.39, 0.29) is 19.0 Å². The molecule has 3 rings (SSSR count). The van der Waals surface area contributed by atoms with Gasteiger partial charge in [-0.25, -0.2) is 0 Å². The van der Waals surface area contributed by atoms with Gasteiger partial charge in [0.2, 0.25) is 0 Å². The second-order valence-corrected chi connectivity index (χ2v) is 7.54. The Balaban J connectivity index is 1.91. The van der Waals surface area contributed by atoms with Crippen molar-refractivity contribution in [1.29, 1.82) is 0 Å². The minimum Gasteiger partial charge on any atom is -0.315 e. The van der Waals surface area contributed by atoms with Crippen molar-refractivity contribution in [3.05, 3.63) is 58.6 Å². The van der Waals surface area contributed by atoms with Crippen molar-refractivity contribution in [2.24, 2.45) is 0 Å². The van der Waals surface area contributed by atoms with E-state index >= 15 is 0 Å². The van der Waals surface area contributed by atoms with Crippen molar-refractivity contribution in [1.82, 2.24) is 5.32 Å². The highest BCUT2D eigenvalue weighted by Crippen LogP contribution is 2.43. The number of nitrogens with one attached hydrogen (secondary N) is 1. The van der Waals surface area contributed by atoms with Gasteiger partial charge in [-0.3, -0.25) is 0 Å². The third-order valence-corrected chi connectivity index (χ3v) is 5.35. The summed E-state index contributed by atoms with van der Waals surface area (Å²) in [5.41, 5.74) is 3.11. The number of hydrogen-bond donors (Lipinski definition) is 1. The minimum atomic E-state index is -4.12. The second kappa shape index (κ2) is 7.48. The normalized spacial score (nSPS) is 17.0. The van der Waals surface area contributed by atoms with Crippen molar-refractivity contribution >= 4 is 29.2 Å². The zero-order valence-corrected chi connectivity index (χ0v) is 15.2. The maximum Gasteiger partial charge on any atom is 0.389 e. The lowest BCUT2D eigenvalue weighted by Crippen LogP contribution is -2.25. The van der Waals surface area contributed by atoms with Crippen LogP contribution in [-0.4, -0.2) is 19.8 Å². The largest absolute Gasteiger partial charge is 0.389 e. The summed E-state index contributed by atoms with van der Waals surface area (Å²) in [6, 6.07) is 13.4. The molecule has 2 aromatic rings. The van der Waals surface area contributed by atoms with Crippen molar-refractivity contribution in [2.75, 3.05) is 17.9 Å². The first-order valence-electron chi connectivity index (χ1n) is 7.95. The molecule has 0 saturated heterocycles. The van der Waals surface area contributed by atoms with Crippen molar-refractivity contribution < 1.29 is 13.2 Å². The molecule has 7 heteroatoms. The van der Waals surface area contributed by atoms with Crippen LogP contribution in [0.25, 0.3) is 0 Å². The number of nitrogens with zero attached hydrogens (tertiary/aromatic N) is 1. The molecule has 2 nitrogen and oxygen atoms in total. The van der Waals surface area contributed by atoms with Crippen LogP contribution in [0.3, 0.4) is 0 Å². The molecule has 25 heavy (non-hydrogen) atoms. The summed E-state index contributed by atoms with van der Waals surface area (Å²) in [6.07, 6.45) is -4.85. The Bertz CT molecular complexity index is 751. The fourth-order valence-electron chi connectivity index (χ4n) is 2.96. The lowest BCUT2D eigenvalue weighted by atomic mass is 9.96. The highest BCUT2D eigenvalue weighted by molar-refractivity contribution is 8.00. The van der Waals surface area contributed by atoms with Gasteiger partial charge in [0.05, 0.1) is 11.7 Å². The van der Waals surface area contributed by atoms with Gasteiger partial charge in [0, 0.05) is 23.4 Å². The van der Waals surface area contributed by atoms with E-state index in [2.05, 4.69) is 9.62 Å². The third kappa shape index (κ3) is 4.43. The van der Waals surface area contributed by atoms with Crippen LogP contribution in [0, 0.1) is 0 Å². The van der Waals surface area contributed by atoms with E-state index in [1.54, 1.807) is 11.9 Å². The molecule has 0 amide bonds. The first kappa shape index (κ1) is 18.4. The Morgan fingerprint density at radius 3 is 2.68 bits per heavy atom. The first-order chi connectivity index (χ1) is 11.8. The Labute approximate surface area is 154 Å². The standard InChI is InChI=1S/C18H18ClF3N2S/c1-24-15-6-3-2-5-13(15)17(23-10-4-9-18(20,21)22)14-8-7-12(19)11-16(14)25-24/h2-3,5-8,11,17,23H,4,9-10H2,1H3. The summed E-state index contributed by atoms with van der Waals surface area (Å²) < 4.78 is 39.3. The van der Waals surface area contributed by atoms with E-state index in [1.165, 1.54) is 0 Å². The van der Waals surface area contributed by atoms with E-state index in [0.29, 0.717) is 5.02 Å². The Morgan fingerprint density at radius 1 is 1.16 bits per heavy atom. The first-order valence-corrected chi connectivity index (χ1v) is 9.10. The Kier molecular flexibility index (Phi) is 5.51. The molecule has 0 bridgehead atoms. The number of alkyl halides is 3. The minimum absolute atomic E-state index is 0.0497. The monoisotopic (exact) mass is 386 g/mol. The molecular formula is C18H18ClF3N2S. The zero-order chi connectivity index (χ0) is 18.0. The molecular weight excluding hydrogens is 369 g/mol. The van der Waals surface area contributed by atoms with Gasteiger partial charge in [0.25, 0.3) is 0 Å². The topological polar surface area (TPSA) is 15.3 Å². The van der Waals surface area contributed by atoms with Gasteiger partial charge in [-0.2, -0.15) is 13.2 Å². The van der Waals surface area contributed by atoms with Crippen LogP contribution in [0.2, 0.25) is 5.02 Å². The molecule has 134 valence electrons. The van der Waals surface area contributed by atoms with E-state index in [4.69, 9.17) is 11.6 Å². The Hall–Kier alpha value is -1.37. The lowest BCUT2D eigenvalue weighted by molar-refractivity contribution is -0.135. The van der Waals surface area contributed by atoms with Gasteiger partial charge in [0.15, 0.2) is 0 Å². The van der Waals surface area contributed by atoms with Gasteiger partial charge < -0.3 is 9.62 Å². The number of rotatable bonds is 4. The van der Waals surface area contributed by atoms with Crippen LogP contribution >= 0.6 is 23.5 Å². The van der Waals surface area contributed by atoms with Gasteiger partial charge in [-0.05, 0) is 54.2 Å². The van der Waals surface area contributed by atoms with E-state index in [0.717, 1.165) is 21.7 Å². The summed E-state index contributed by atoms with van der Waals surface area (Å²) in [5, 5.41) is 3.94. The van der Waals surface area contributed by atoms with E-state index < -0.39 is 12.6 Å². The molecule has 1 aliphatic rings. The highest BCUT2D eigenvalue weighted by atomic mass is 35.5. The third-order valence-electron chi connectivity index (χ3n) is 4.09. The number of fused-ring (bicyclic) bond motifs is 2. The average molecular weight is 387 g/mol. The van der Waals surface area contributed by atoms with Crippen molar-refractivity contribution in [2.45, 2.75) is 30.0 Å².